The van der Waals surface area contributed by atoms with Crippen LogP contribution in [0.4, 0.5) is 0 Å². The third kappa shape index (κ3) is 2.11. The molecule has 5 heteroatoms. The second-order valence-corrected chi connectivity index (χ2v) is 3.22. The van der Waals surface area contributed by atoms with E-state index in [0.29, 0.717) is 0 Å². The summed E-state index contributed by atoms with van der Waals surface area (Å²) in [6, 6.07) is 0. The molecule has 0 radical (unpaired) electrons. The average molecular weight is 169 g/mol. The number of hydrogen-bond acceptors (Lipinski definition) is 3. The monoisotopic (exact) mass is 169 g/mol. The lowest BCUT2D eigenvalue weighted by atomic mass is 10.3. The van der Waals surface area contributed by atoms with Crippen LogP contribution in [-0.2, 0) is 0 Å². The molecular formula is C7H15N5. The minimum absolute atomic E-state index is 0.0995. The molecule has 1 rings (SSSR count). The highest BCUT2D eigenvalue weighted by molar-refractivity contribution is 4.70. The highest BCUT2D eigenvalue weighted by Gasteiger charge is 2.20. The lowest BCUT2D eigenvalue weighted by Crippen LogP contribution is -2.41. The van der Waals surface area contributed by atoms with Crippen LogP contribution in [-0.4, -0.2) is 43.3 Å². The topological polar surface area (TPSA) is 55.2 Å². The van der Waals surface area contributed by atoms with Crippen molar-refractivity contribution in [3.63, 3.8) is 0 Å². The molecule has 1 saturated heterocycles. The van der Waals surface area contributed by atoms with Gasteiger partial charge in [-0.3, -0.25) is 9.80 Å². The Morgan fingerprint density at radius 3 is 2.17 bits per heavy atom. The van der Waals surface area contributed by atoms with Crippen LogP contribution in [0.15, 0.2) is 5.11 Å². The zero-order valence-electron chi connectivity index (χ0n) is 7.64. The van der Waals surface area contributed by atoms with E-state index in [-0.39, 0.29) is 6.29 Å². The van der Waals surface area contributed by atoms with E-state index in [1.807, 2.05) is 14.1 Å². The number of rotatable bonds is 1. The first kappa shape index (κ1) is 9.32. The van der Waals surface area contributed by atoms with Crippen LogP contribution in [0.1, 0.15) is 12.8 Å². The molecule has 1 aliphatic heterocycles. The van der Waals surface area contributed by atoms with Crippen molar-refractivity contribution in [2.45, 2.75) is 19.1 Å². The predicted molar refractivity (Wildman–Crippen MR) is 47.4 cm³/mol. The van der Waals surface area contributed by atoms with E-state index in [1.165, 1.54) is 12.8 Å². The van der Waals surface area contributed by atoms with Crippen molar-refractivity contribution >= 4 is 0 Å². The van der Waals surface area contributed by atoms with Crippen molar-refractivity contribution in [1.29, 1.82) is 0 Å². The Labute approximate surface area is 72.6 Å². The van der Waals surface area contributed by atoms with E-state index < -0.39 is 0 Å². The van der Waals surface area contributed by atoms with Gasteiger partial charge in [0.2, 0.25) is 0 Å². The zero-order chi connectivity index (χ0) is 8.97. The quantitative estimate of drug-likeness (QED) is 0.337. The second kappa shape index (κ2) is 4.30. The Bertz CT molecular complexity index is 174. The summed E-state index contributed by atoms with van der Waals surface area (Å²) in [6.45, 7) is 2.02. The summed E-state index contributed by atoms with van der Waals surface area (Å²) in [4.78, 5) is 7.00. The molecule has 0 N–H and O–H groups in total. The molecule has 0 spiro atoms. The van der Waals surface area contributed by atoms with Gasteiger partial charge < -0.3 is 0 Å². The summed E-state index contributed by atoms with van der Waals surface area (Å²) in [5.74, 6) is 0. The maximum Gasteiger partial charge on any atom is 0.143 e. The smallest absolute Gasteiger partial charge is 0.143 e. The molecule has 0 aromatic heterocycles. The van der Waals surface area contributed by atoms with Crippen LogP contribution in [0.3, 0.4) is 0 Å². The Morgan fingerprint density at radius 1 is 1.25 bits per heavy atom. The van der Waals surface area contributed by atoms with E-state index in [1.54, 1.807) is 0 Å². The fourth-order valence-electron chi connectivity index (χ4n) is 1.51. The molecule has 5 nitrogen and oxygen atoms in total. The molecule has 0 saturated carbocycles. The normalized spacial score (nSPS) is 23.2. The van der Waals surface area contributed by atoms with Crippen LogP contribution in [0.25, 0.3) is 10.4 Å². The van der Waals surface area contributed by atoms with Gasteiger partial charge in [0.15, 0.2) is 0 Å². The van der Waals surface area contributed by atoms with E-state index in [4.69, 9.17) is 5.53 Å². The van der Waals surface area contributed by atoms with Crippen LogP contribution in [0, 0.1) is 0 Å². The van der Waals surface area contributed by atoms with Crippen molar-refractivity contribution in [2.75, 3.05) is 27.2 Å². The first-order valence-electron chi connectivity index (χ1n) is 4.20. The molecule has 0 aliphatic carbocycles. The number of nitrogens with zero attached hydrogens (tertiary/aromatic N) is 5. The largest absolute Gasteiger partial charge is 0.286 e. The van der Waals surface area contributed by atoms with E-state index in [0.717, 1.165) is 13.1 Å². The summed E-state index contributed by atoms with van der Waals surface area (Å²) in [7, 11) is 3.97. The van der Waals surface area contributed by atoms with Crippen LogP contribution >= 0.6 is 0 Å². The second-order valence-electron chi connectivity index (χ2n) is 3.22. The SMILES string of the molecule is CN1CCCCN(C)C1N=[N+]=[N-]. The highest BCUT2D eigenvalue weighted by Crippen LogP contribution is 2.11. The van der Waals surface area contributed by atoms with Gasteiger partial charge in [0.05, 0.1) is 0 Å². The van der Waals surface area contributed by atoms with Gasteiger partial charge in [0.1, 0.15) is 6.29 Å². The molecule has 0 atom stereocenters. The fraction of sp³-hybridized carbons (Fsp3) is 1.00. The van der Waals surface area contributed by atoms with Crippen molar-refractivity contribution in [2.24, 2.45) is 5.11 Å². The zero-order valence-corrected chi connectivity index (χ0v) is 7.64. The first-order chi connectivity index (χ1) is 5.75. The van der Waals surface area contributed by atoms with Gasteiger partial charge in [-0.1, -0.05) is 5.11 Å². The van der Waals surface area contributed by atoms with Crippen LogP contribution in [0.5, 0.6) is 0 Å². The van der Waals surface area contributed by atoms with Crippen LogP contribution < -0.4 is 0 Å². The van der Waals surface area contributed by atoms with Gasteiger partial charge in [-0.2, -0.15) is 0 Å². The molecular weight excluding hydrogens is 154 g/mol. The molecule has 0 aromatic carbocycles. The molecule has 0 aromatic rings. The van der Waals surface area contributed by atoms with Crippen molar-refractivity contribution in [1.82, 2.24) is 9.80 Å². The average Bonchev–Trinajstić information content (AvgIpc) is 2.19. The van der Waals surface area contributed by atoms with Gasteiger partial charge in [0, 0.05) is 4.91 Å². The molecule has 0 amide bonds. The lowest BCUT2D eigenvalue weighted by Gasteiger charge is -2.28. The standard InChI is InChI=1S/C7H15N5/c1-11-5-3-4-6-12(2)7(11)9-10-8/h7H,3-6H2,1-2H3. The molecule has 12 heavy (non-hydrogen) atoms. The molecule has 1 heterocycles. The number of azide groups is 1. The molecule has 1 aliphatic rings. The fourth-order valence-corrected chi connectivity index (χ4v) is 1.51. The Kier molecular flexibility index (Phi) is 3.34. The lowest BCUT2D eigenvalue weighted by molar-refractivity contribution is 0.110. The minimum Gasteiger partial charge on any atom is -0.286 e. The van der Waals surface area contributed by atoms with E-state index >= 15 is 0 Å². The molecule has 68 valence electrons. The maximum atomic E-state index is 8.35. The molecule has 0 unspecified atom stereocenters. The van der Waals surface area contributed by atoms with Gasteiger partial charge in [-0.25, -0.2) is 0 Å². The highest BCUT2D eigenvalue weighted by atomic mass is 15.5. The van der Waals surface area contributed by atoms with Gasteiger partial charge >= 0.3 is 0 Å². The first-order valence-corrected chi connectivity index (χ1v) is 4.20. The number of hydrogen-bond donors (Lipinski definition) is 0. The maximum absolute atomic E-state index is 8.35. The summed E-state index contributed by atoms with van der Waals surface area (Å²) < 4.78 is 0. The summed E-state index contributed by atoms with van der Waals surface area (Å²) in [5.41, 5.74) is 8.35. The Morgan fingerprint density at radius 2 is 1.75 bits per heavy atom. The van der Waals surface area contributed by atoms with Gasteiger partial charge in [0.25, 0.3) is 0 Å². The van der Waals surface area contributed by atoms with Gasteiger partial charge in [-0.15, -0.1) is 0 Å². The van der Waals surface area contributed by atoms with Crippen molar-refractivity contribution in [3.05, 3.63) is 10.4 Å². The van der Waals surface area contributed by atoms with Crippen LogP contribution in [0.2, 0.25) is 0 Å². The van der Waals surface area contributed by atoms with E-state index in [2.05, 4.69) is 19.8 Å². The summed E-state index contributed by atoms with van der Waals surface area (Å²) in [6.07, 6.45) is 2.26. The van der Waals surface area contributed by atoms with Gasteiger partial charge in [-0.05, 0) is 45.6 Å². The summed E-state index contributed by atoms with van der Waals surface area (Å²) >= 11 is 0. The summed E-state index contributed by atoms with van der Waals surface area (Å²) in [5, 5.41) is 3.74. The Hall–Kier alpha value is -0.770. The van der Waals surface area contributed by atoms with Crippen molar-refractivity contribution in [3.8, 4) is 0 Å². The minimum atomic E-state index is -0.0995. The Balaban J connectivity index is 2.67. The predicted octanol–water partition coefficient (Wildman–Crippen LogP) is 1.24. The third-order valence-corrected chi connectivity index (χ3v) is 2.22. The van der Waals surface area contributed by atoms with E-state index in [9.17, 15) is 0 Å². The molecule has 0 bridgehead atoms. The molecule has 1 fully saturated rings. The van der Waals surface area contributed by atoms with Crippen molar-refractivity contribution < 1.29 is 0 Å². The third-order valence-electron chi connectivity index (χ3n) is 2.22.